The van der Waals surface area contributed by atoms with Gasteiger partial charge in [0.2, 0.25) is 0 Å². The zero-order chi connectivity index (χ0) is 20.6. The molecule has 0 aromatic heterocycles. The van der Waals surface area contributed by atoms with E-state index < -0.39 is 11.9 Å². The predicted molar refractivity (Wildman–Crippen MR) is 107 cm³/mol. The number of hydrogen-bond acceptors (Lipinski definition) is 6. The Hall–Kier alpha value is -3.55. The molecule has 2 amide bonds. The van der Waals surface area contributed by atoms with Crippen LogP contribution in [0.4, 0.5) is 5.69 Å². The SMILES string of the molecule is NC(=O)COc1ccc(C(=O)OCC(=O)N2CCN(c3ccccc3)CC2)cc1. The van der Waals surface area contributed by atoms with Crippen LogP contribution in [0.1, 0.15) is 10.4 Å². The van der Waals surface area contributed by atoms with Gasteiger partial charge in [0, 0.05) is 31.9 Å². The number of esters is 1. The van der Waals surface area contributed by atoms with Gasteiger partial charge in [-0.25, -0.2) is 4.79 Å². The van der Waals surface area contributed by atoms with Gasteiger partial charge in [-0.15, -0.1) is 0 Å². The summed E-state index contributed by atoms with van der Waals surface area (Å²) >= 11 is 0. The van der Waals surface area contributed by atoms with Gasteiger partial charge in [-0.2, -0.15) is 0 Å². The van der Waals surface area contributed by atoms with E-state index in [1.807, 2.05) is 30.3 Å². The number of benzene rings is 2. The molecule has 0 bridgehead atoms. The van der Waals surface area contributed by atoms with Gasteiger partial charge in [-0.05, 0) is 36.4 Å². The number of para-hydroxylation sites is 1. The molecule has 1 saturated heterocycles. The smallest absolute Gasteiger partial charge is 0.338 e. The van der Waals surface area contributed by atoms with Crippen LogP contribution >= 0.6 is 0 Å². The zero-order valence-corrected chi connectivity index (χ0v) is 16.0. The average molecular weight is 397 g/mol. The second-order valence-electron chi connectivity index (χ2n) is 6.56. The van der Waals surface area contributed by atoms with Crippen molar-refractivity contribution in [3.63, 3.8) is 0 Å². The zero-order valence-electron chi connectivity index (χ0n) is 16.0. The van der Waals surface area contributed by atoms with E-state index in [1.54, 1.807) is 4.90 Å². The van der Waals surface area contributed by atoms with Crippen molar-refractivity contribution in [2.45, 2.75) is 0 Å². The highest BCUT2D eigenvalue weighted by Crippen LogP contribution is 2.16. The fourth-order valence-corrected chi connectivity index (χ4v) is 3.00. The van der Waals surface area contributed by atoms with Gasteiger partial charge in [-0.3, -0.25) is 9.59 Å². The molecule has 2 aromatic rings. The van der Waals surface area contributed by atoms with Gasteiger partial charge in [0.15, 0.2) is 13.2 Å². The molecule has 1 aliphatic heterocycles. The number of nitrogens with two attached hydrogens (primary N) is 1. The lowest BCUT2D eigenvalue weighted by atomic mass is 10.2. The number of primary amides is 1. The topological polar surface area (TPSA) is 102 Å². The summed E-state index contributed by atoms with van der Waals surface area (Å²) in [5, 5.41) is 0. The van der Waals surface area contributed by atoms with Crippen molar-refractivity contribution in [3.05, 3.63) is 60.2 Å². The number of carbonyl (C=O) groups is 3. The van der Waals surface area contributed by atoms with Crippen LogP contribution in [0.2, 0.25) is 0 Å². The largest absolute Gasteiger partial charge is 0.484 e. The molecule has 0 spiro atoms. The third kappa shape index (κ3) is 5.71. The molecule has 0 aliphatic carbocycles. The molecule has 3 rings (SSSR count). The maximum atomic E-state index is 12.3. The van der Waals surface area contributed by atoms with E-state index in [2.05, 4.69) is 4.90 Å². The first-order valence-corrected chi connectivity index (χ1v) is 9.29. The van der Waals surface area contributed by atoms with E-state index in [0.29, 0.717) is 18.8 Å². The van der Waals surface area contributed by atoms with Crippen LogP contribution in [0.15, 0.2) is 54.6 Å². The van der Waals surface area contributed by atoms with Crippen molar-refractivity contribution in [2.24, 2.45) is 5.73 Å². The minimum absolute atomic E-state index is 0.215. The van der Waals surface area contributed by atoms with Gasteiger partial charge in [-0.1, -0.05) is 18.2 Å². The molecule has 152 valence electrons. The summed E-state index contributed by atoms with van der Waals surface area (Å²) in [5.74, 6) is -0.987. The molecule has 2 N–H and O–H groups in total. The highest BCUT2D eigenvalue weighted by Gasteiger charge is 2.22. The molecule has 0 unspecified atom stereocenters. The van der Waals surface area contributed by atoms with Crippen LogP contribution in [0.25, 0.3) is 0 Å². The maximum absolute atomic E-state index is 12.3. The molecule has 0 atom stereocenters. The first-order valence-electron chi connectivity index (χ1n) is 9.29. The standard InChI is InChI=1S/C21H23N3O5/c22-19(25)14-28-18-8-6-16(7-9-18)21(27)29-15-20(26)24-12-10-23(11-13-24)17-4-2-1-3-5-17/h1-9H,10-15H2,(H2,22,25). The molecular weight excluding hydrogens is 374 g/mol. The van der Waals surface area contributed by atoms with E-state index in [9.17, 15) is 14.4 Å². The Bertz CT molecular complexity index is 846. The highest BCUT2D eigenvalue weighted by molar-refractivity contribution is 5.91. The summed E-state index contributed by atoms with van der Waals surface area (Å²) in [6, 6.07) is 16.1. The number of rotatable bonds is 7. The summed E-state index contributed by atoms with van der Waals surface area (Å²) < 4.78 is 10.3. The lowest BCUT2D eigenvalue weighted by Crippen LogP contribution is -2.49. The Kier molecular flexibility index (Phi) is 6.67. The minimum Gasteiger partial charge on any atom is -0.484 e. The van der Waals surface area contributed by atoms with Crippen molar-refractivity contribution in [1.29, 1.82) is 0 Å². The van der Waals surface area contributed by atoms with Crippen molar-refractivity contribution >= 4 is 23.5 Å². The second-order valence-corrected chi connectivity index (χ2v) is 6.56. The summed E-state index contributed by atoms with van der Waals surface area (Å²) in [6.45, 7) is 2.08. The first-order chi connectivity index (χ1) is 14.0. The summed E-state index contributed by atoms with van der Waals surface area (Å²) in [5.41, 5.74) is 6.43. The van der Waals surface area contributed by atoms with Crippen LogP contribution in [0, 0.1) is 0 Å². The molecule has 8 nitrogen and oxygen atoms in total. The van der Waals surface area contributed by atoms with Gasteiger partial charge in [0.25, 0.3) is 11.8 Å². The number of amides is 2. The van der Waals surface area contributed by atoms with Crippen molar-refractivity contribution in [3.8, 4) is 5.75 Å². The van der Waals surface area contributed by atoms with Crippen molar-refractivity contribution < 1.29 is 23.9 Å². The van der Waals surface area contributed by atoms with Crippen LogP contribution in [0.3, 0.4) is 0 Å². The quantitative estimate of drug-likeness (QED) is 0.701. The number of nitrogens with zero attached hydrogens (tertiary/aromatic N) is 2. The number of ether oxygens (including phenoxy) is 2. The Morgan fingerprint density at radius 2 is 1.52 bits per heavy atom. The summed E-state index contributed by atoms with van der Waals surface area (Å²) in [7, 11) is 0. The molecule has 1 aliphatic rings. The third-order valence-corrected chi connectivity index (χ3v) is 4.55. The molecule has 1 heterocycles. The number of piperazine rings is 1. The average Bonchev–Trinajstić information content (AvgIpc) is 2.77. The van der Waals surface area contributed by atoms with Crippen molar-refractivity contribution in [1.82, 2.24) is 4.90 Å². The number of hydrogen-bond donors (Lipinski definition) is 1. The molecule has 2 aromatic carbocycles. The summed E-state index contributed by atoms with van der Waals surface area (Å²) in [6.07, 6.45) is 0. The minimum atomic E-state index is -0.595. The van der Waals surface area contributed by atoms with Gasteiger partial charge < -0.3 is 25.0 Å². The fourth-order valence-electron chi connectivity index (χ4n) is 3.00. The lowest BCUT2D eigenvalue weighted by molar-refractivity contribution is -0.134. The monoisotopic (exact) mass is 397 g/mol. The molecule has 29 heavy (non-hydrogen) atoms. The van der Waals surface area contributed by atoms with E-state index in [-0.39, 0.29) is 24.7 Å². The van der Waals surface area contributed by atoms with Gasteiger partial charge >= 0.3 is 5.97 Å². The molecule has 0 saturated carbocycles. The van der Waals surface area contributed by atoms with Gasteiger partial charge in [0.1, 0.15) is 5.75 Å². The Morgan fingerprint density at radius 1 is 0.862 bits per heavy atom. The number of anilines is 1. The van der Waals surface area contributed by atoms with Gasteiger partial charge in [0.05, 0.1) is 5.56 Å². The van der Waals surface area contributed by atoms with E-state index in [0.717, 1.165) is 18.8 Å². The predicted octanol–water partition coefficient (Wildman–Crippen LogP) is 1.06. The van der Waals surface area contributed by atoms with Crippen LogP contribution in [0.5, 0.6) is 5.75 Å². The molecule has 0 radical (unpaired) electrons. The highest BCUT2D eigenvalue weighted by atomic mass is 16.5. The number of carbonyl (C=O) groups excluding carboxylic acids is 3. The van der Waals surface area contributed by atoms with E-state index >= 15 is 0 Å². The fraction of sp³-hybridized carbons (Fsp3) is 0.286. The molecular formula is C21H23N3O5. The molecule has 1 fully saturated rings. The lowest BCUT2D eigenvalue weighted by Gasteiger charge is -2.36. The van der Waals surface area contributed by atoms with Crippen LogP contribution in [-0.4, -0.2) is 62.1 Å². The Morgan fingerprint density at radius 3 is 2.14 bits per heavy atom. The maximum Gasteiger partial charge on any atom is 0.338 e. The Balaban J connectivity index is 1.43. The first kappa shape index (κ1) is 20.2. The van der Waals surface area contributed by atoms with E-state index in [1.165, 1.54) is 24.3 Å². The van der Waals surface area contributed by atoms with Crippen LogP contribution < -0.4 is 15.4 Å². The normalized spacial score (nSPS) is 13.7. The summed E-state index contributed by atoms with van der Waals surface area (Å²) in [4.78, 5) is 39.1. The van der Waals surface area contributed by atoms with E-state index in [4.69, 9.17) is 15.2 Å². The second kappa shape index (κ2) is 9.59. The third-order valence-electron chi connectivity index (χ3n) is 4.55. The van der Waals surface area contributed by atoms with Crippen LogP contribution in [-0.2, 0) is 14.3 Å². The van der Waals surface area contributed by atoms with Crippen molar-refractivity contribution in [2.75, 3.05) is 44.3 Å². The molecule has 8 heteroatoms. The Labute approximate surface area is 168 Å².